The SMILES string of the molecule is CC(C)(C)N(C(=O)O)C(CN)C(F)(F)F. The average Bonchev–Trinajstić information content (AvgIpc) is 1.93. The van der Waals surface area contributed by atoms with Crippen LogP contribution < -0.4 is 5.73 Å². The fourth-order valence-electron chi connectivity index (χ4n) is 1.27. The number of rotatable bonds is 2. The first-order valence-corrected chi connectivity index (χ1v) is 4.31. The summed E-state index contributed by atoms with van der Waals surface area (Å²) in [7, 11) is 0. The lowest BCUT2D eigenvalue weighted by atomic mass is 10.0. The minimum atomic E-state index is -4.65. The number of halogens is 3. The summed E-state index contributed by atoms with van der Waals surface area (Å²) in [6, 6.07) is -2.17. The lowest BCUT2D eigenvalue weighted by molar-refractivity contribution is -0.185. The highest BCUT2D eigenvalue weighted by molar-refractivity contribution is 5.66. The van der Waals surface area contributed by atoms with Crippen LogP contribution in [0.5, 0.6) is 0 Å². The molecule has 1 unspecified atom stereocenters. The summed E-state index contributed by atoms with van der Waals surface area (Å²) >= 11 is 0. The van der Waals surface area contributed by atoms with Crippen LogP contribution in [0.15, 0.2) is 0 Å². The highest BCUT2D eigenvalue weighted by Gasteiger charge is 2.48. The van der Waals surface area contributed by atoms with Gasteiger partial charge in [0.2, 0.25) is 0 Å². The summed E-state index contributed by atoms with van der Waals surface area (Å²) in [6.07, 6.45) is -6.28. The van der Waals surface area contributed by atoms with Crippen molar-refractivity contribution in [1.82, 2.24) is 4.90 Å². The van der Waals surface area contributed by atoms with Crippen molar-refractivity contribution in [2.75, 3.05) is 6.54 Å². The summed E-state index contributed by atoms with van der Waals surface area (Å²) in [4.78, 5) is 11.1. The van der Waals surface area contributed by atoms with Gasteiger partial charge >= 0.3 is 12.3 Å². The first-order chi connectivity index (χ1) is 6.51. The van der Waals surface area contributed by atoms with Crippen molar-refractivity contribution < 1.29 is 23.1 Å². The largest absolute Gasteiger partial charge is 0.465 e. The van der Waals surface area contributed by atoms with Crippen molar-refractivity contribution in [2.45, 2.75) is 38.5 Å². The maximum Gasteiger partial charge on any atom is 0.410 e. The lowest BCUT2D eigenvalue weighted by Crippen LogP contribution is -2.59. The van der Waals surface area contributed by atoms with Gasteiger partial charge in [0.25, 0.3) is 0 Å². The van der Waals surface area contributed by atoms with E-state index in [1.165, 1.54) is 20.8 Å². The Labute approximate surface area is 85.8 Å². The Bertz CT molecular complexity index is 235. The Morgan fingerprint density at radius 1 is 1.40 bits per heavy atom. The maximum atomic E-state index is 12.5. The topological polar surface area (TPSA) is 66.6 Å². The average molecular weight is 228 g/mol. The van der Waals surface area contributed by atoms with Gasteiger partial charge in [0.05, 0.1) is 0 Å². The third kappa shape index (κ3) is 3.58. The van der Waals surface area contributed by atoms with Crippen LogP contribution in [0.4, 0.5) is 18.0 Å². The van der Waals surface area contributed by atoms with Gasteiger partial charge in [0, 0.05) is 12.1 Å². The van der Waals surface area contributed by atoms with Gasteiger partial charge in [-0.1, -0.05) is 0 Å². The van der Waals surface area contributed by atoms with E-state index in [1.54, 1.807) is 0 Å². The Hall–Kier alpha value is -0.980. The fraction of sp³-hybridized carbons (Fsp3) is 0.875. The number of alkyl halides is 3. The standard InChI is InChI=1S/C8H15F3N2O2/c1-7(2,3)13(6(14)15)5(4-12)8(9,10)11/h5H,4,12H2,1-3H3,(H,14,15). The normalized spacial score (nSPS) is 14.9. The van der Waals surface area contributed by atoms with Gasteiger partial charge in [-0.25, -0.2) is 4.79 Å². The van der Waals surface area contributed by atoms with Gasteiger partial charge in [-0.15, -0.1) is 0 Å². The van der Waals surface area contributed by atoms with Crippen molar-refractivity contribution >= 4 is 6.09 Å². The molecule has 0 radical (unpaired) electrons. The Kier molecular flexibility index (Phi) is 3.98. The van der Waals surface area contributed by atoms with E-state index in [9.17, 15) is 18.0 Å². The predicted molar refractivity (Wildman–Crippen MR) is 48.5 cm³/mol. The summed E-state index contributed by atoms with van der Waals surface area (Å²) in [5.74, 6) is 0. The summed E-state index contributed by atoms with van der Waals surface area (Å²) in [5, 5.41) is 8.74. The van der Waals surface area contributed by atoms with Crippen LogP contribution in [0.2, 0.25) is 0 Å². The third-order valence-corrected chi connectivity index (χ3v) is 1.84. The van der Waals surface area contributed by atoms with Crippen LogP contribution in [0, 0.1) is 0 Å². The molecule has 0 spiro atoms. The molecule has 0 rings (SSSR count). The Balaban J connectivity index is 5.15. The van der Waals surface area contributed by atoms with Crippen molar-refractivity contribution in [3.8, 4) is 0 Å². The van der Waals surface area contributed by atoms with E-state index >= 15 is 0 Å². The van der Waals surface area contributed by atoms with Crippen molar-refractivity contribution in [3.05, 3.63) is 0 Å². The zero-order chi connectivity index (χ0) is 12.4. The number of nitrogens with zero attached hydrogens (tertiary/aromatic N) is 1. The number of carboxylic acid groups (broad SMARTS) is 1. The van der Waals surface area contributed by atoms with Gasteiger partial charge in [0.15, 0.2) is 0 Å². The van der Waals surface area contributed by atoms with E-state index < -0.39 is 30.4 Å². The van der Waals surface area contributed by atoms with E-state index in [1.807, 2.05) is 0 Å². The van der Waals surface area contributed by atoms with Gasteiger partial charge in [-0.3, -0.25) is 4.90 Å². The molecule has 0 aliphatic heterocycles. The number of carbonyl (C=O) groups is 1. The molecular formula is C8H15F3N2O2. The molecule has 0 fully saturated rings. The number of hydrogen-bond acceptors (Lipinski definition) is 2. The summed E-state index contributed by atoms with van der Waals surface area (Å²) in [5.41, 5.74) is 3.82. The molecule has 3 N–H and O–H groups in total. The van der Waals surface area contributed by atoms with E-state index in [0.717, 1.165) is 0 Å². The fourth-order valence-corrected chi connectivity index (χ4v) is 1.27. The van der Waals surface area contributed by atoms with Crippen LogP contribution in [0.3, 0.4) is 0 Å². The highest BCUT2D eigenvalue weighted by Crippen LogP contribution is 2.29. The molecule has 4 nitrogen and oxygen atoms in total. The molecule has 0 saturated carbocycles. The highest BCUT2D eigenvalue weighted by atomic mass is 19.4. The van der Waals surface area contributed by atoms with Gasteiger partial charge in [0.1, 0.15) is 6.04 Å². The van der Waals surface area contributed by atoms with E-state index in [0.29, 0.717) is 4.90 Å². The van der Waals surface area contributed by atoms with E-state index in [4.69, 9.17) is 10.8 Å². The summed E-state index contributed by atoms with van der Waals surface area (Å²) in [6.45, 7) is 3.37. The molecular weight excluding hydrogens is 213 g/mol. The minimum Gasteiger partial charge on any atom is -0.465 e. The quantitative estimate of drug-likeness (QED) is 0.755. The molecule has 0 aromatic carbocycles. The van der Waals surface area contributed by atoms with Crippen LogP contribution in [-0.4, -0.2) is 40.4 Å². The number of nitrogens with two attached hydrogens (primary N) is 1. The molecule has 90 valence electrons. The van der Waals surface area contributed by atoms with Crippen molar-refractivity contribution in [3.63, 3.8) is 0 Å². The van der Waals surface area contributed by atoms with Crippen molar-refractivity contribution in [2.24, 2.45) is 5.73 Å². The zero-order valence-electron chi connectivity index (χ0n) is 8.80. The molecule has 0 aromatic rings. The molecule has 0 aromatic heterocycles. The lowest BCUT2D eigenvalue weighted by Gasteiger charge is -2.39. The number of hydrogen-bond donors (Lipinski definition) is 2. The molecule has 0 aliphatic rings. The van der Waals surface area contributed by atoms with Crippen LogP contribution in [0.1, 0.15) is 20.8 Å². The van der Waals surface area contributed by atoms with E-state index in [-0.39, 0.29) is 0 Å². The minimum absolute atomic E-state index is 0.326. The molecule has 1 amide bonds. The predicted octanol–water partition coefficient (Wildman–Crippen LogP) is 1.65. The second kappa shape index (κ2) is 4.26. The Morgan fingerprint density at radius 3 is 1.87 bits per heavy atom. The maximum absolute atomic E-state index is 12.5. The second-order valence-corrected chi connectivity index (χ2v) is 4.12. The van der Waals surface area contributed by atoms with E-state index in [2.05, 4.69) is 0 Å². The van der Waals surface area contributed by atoms with Gasteiger partial charge in [-0.05, 0) is 20.8 Å². The molecule has 1 atom stereocenters. The molecule has 0 aliphatic carbocycles. The molecule has 0 heterocycles. The molecule has 7 heteroatoms. The smallest absolute Gasteiger partial charge is 0.410 e. The first-order valence-electron chi connectivity index (χ1n) is 4.31. The second-order valence-electron chi connectivity index (χ2n) is 4.12. The van der Waals surface area contributed by atoms with Crippen LogP contribution >= 0.6 is 0 Å². The molecule has 15 heavy (non-hydrogen) atoms. The van der Waals surface area contributed by atoms with Crippen molar-refractivity contribution in [1.29, 1.82) is 0 Å². The third-order valence-electron chi connectivity index (χ3n) is 1.84. The zero-order valence-corrected chi connectivity index (χ0v) is 8.80. The van der Waals surface area contributed by atoms with Crippen LogP contribution in [-0.2, 0) is 0 Å². The monoisotopic (exact) mass is 228 g/mol. The number of amides is 1. The molecule has 0 saturated heterocycles. The first kappa shape index (κ1) is 14.0. The van der Waals surface area contributed by atoms with Crippen LogP contribution in [0.25, 0.3) is 0 Å². The summed E-state index contributed by atoms with van der Waals surface area (Å²) < 4.78 is 37.4. The van der Waals surface area contributed by atoms with Gasteiger partial charge < -0.3 is 10.8 Å². The van der Waals surface area contributed by atoms with Gasteiger partial charge in [-0.2, -0.15) is 13.2 Å². The Morgan fingerprint density at radius 2 is 1.80 bits per heavy atom. The molecule has 0 bridgehead atoms.